The van der Waals surface area contributed by atoms with Crippen LogP contribution in [0.15, 0.2) is 48.5 Å². The van der Waals surface area contributed by atoms with Gasteiger partial charge in [0.25, 0.3) is 0 Å². The molecule has 2 aliphatic rings. The van der Waals surface area contributed by atoms with E-state index >= 15 is 0 Å². The molecule has 3 N–H and O–H groups in total. The van der Waals surface area contributed by atoms with Crippen molar-refractivity contribution >= 4 is 18.0 Å². The molecule has 2 aromatic rings. The molecule has 0 radical (unpaired) electrons. The lowest BCUT2D eigenvalue weighted by Gasteiger charge is -2.20. The smallest absolute Gasteiger partial charge is 0.407 e. The van der Waals surface area contributed by atoms with Gasteiger partial charge in [0, 0.05) is 19.0 Å². The molecule has 180 valence electrons. The number of carboxylic acid groups (broad SMARTS) is 1. The molecule has 2 amide bonds. The standard InChI is InChI=1S/C26H31N3O5/c1-2-29-12-11-17(15-29)14-27-25(32)23(13-24(30)31)28-26(33)34-16-22-20-9-5-3-7-18(20)19-8-4-6-10-21(19)22/h3-10,17,22-23H,2,11-16H2,1H3,(H,27,32)(H,28,33)(H,30,31). The summed E-state index contributed by atoms with van der Waals surface area (Å²) in [5.41, 5.74) is 4.38. The fraction of sp³-hybridized carbons (Fsp3) is 0.423. The largest absolute Gasteiger partial charge is 0.481 e. The molecule has 0 aromatic heterocycles. The van der Waals surface area contributed by atoms with E-state index in [0.717, 1.165) is 48.3 Å². The van der Waals surface area contributed by atoms with Crippen LogP contribution in [0.3, 0.4) is 0 Å². The van der Waals surface area contributed by atoms with Crippen molar-refractivity contribution in [3.05, 3.63) is 59.7 Å². The Morgan fingerprint density at radius 1 is 1.09 bits per heavy atom. The maximum absolute atomic E-state index is 12.7. The van der Waals surface area contributed by atoms with Gasteiger partial charge in [0.05, 0.1) is 6.42 Å². The van der Waals surface area contributed by atoms with E-state index in [1.165, 1.54) is 0 Å². The van der Waals surface area contributed by atoms with Gasteiger partial charge in [-0.1, -0.05) is 55.5 Å². The van der Waals surface area contributed by atoms with Crippen LogP contribution in [0, 0.1) is 5.92 Å². The molecule has 0 bridgehead atoms. The van der Waals surface area contributed by atoms with Gasteiger partial charge >= 0.3 is 12.1 Å². The first-order valence-electron chi connectivity index (χ1n) is 11.8. The zero-order valence-electron chi connectivity index (χ0n) is 19.3. The summed E-state index contributed by atoms with van der Waals surface area (Å²) in [5, 5.41) is 14.5. The van der Waals surface area contributed by atoms with Crippen molar-refractivity contribution in [3.63, 3.8) is 0 Å². The Hall–Kier alpha value is -3.39. The fourth-order valence-corrected chi connectivity index (χ4v) is 4.90. The number of amides is 2. The van der Waals surface area contributed by atoms with Crippen LogP contribution in [0.1, 0.15) is 36.8 Å². The highest BCUT2D eigenvalue weighted by atomic mass is 16.5. The third-order valence-electron chi connectivity index (χ3n) is 6.71. The van der Waals surface area contributed by atoms with E-state index in [0.29, 0.717) is 12.5 Å². The highest BCUT2D eigenvalue weighted by Crippen LogP contribution is 2.44. The minimum absolute atomic E-state index is 0.0934. The number of ether oxygens (including phenoxy) is 1. The average Bonchev–Trinajstić information content (AvgIpc) is 3.43. The lowest BCUT2D eigenvalue weighted by Crippen LogP contribution is -2.49. The number of aliphatic carboxylic acids is 1. The van der Waals surface area contributed by atoms with Gasteiger partial charge < -0.3 is 25.4 Å². The van der Waals surface area contributed by atoms with E-state index in [4.69, 9.17) is 4.74 Å². The minimum atomic E-state index is -1.20. The molecule has 1 fully saturated rings. The number of alkyl carbamates (subject to hydrolysis) is 1. The van der Waals surface area contributed by atoms with Crippen LogP contribution in [0.4, 0.5) is 4.79 Å². The monoisotopic (exact) mass is 465 g/mol. The van der Waals surface area contributed by atoms with Gasteiger partial charge in [0.2, 0.25) is 5.91 Å². The molecule has 0 saturated carbocycles. The molecule has 0 spiro atoms. The van der Waals surface area contributed by atoms with Gasteiger partial charge in [-0.3, -0.25) is 9.59 Å². The number of likely N-dealkylation sites (tertiary alicyclic amines) is 1. The summed E-state index contributed by atoms with van der Waals surface area (Å²) in [4.78, 5) is 38.8. The van der Waals surface area contributed by atoms with Gasteiger partial charge in [-0.2, -0.15) is 0 Å². The first kappa shape index (κ1) is 23.8. The number of rotatable bonds is 9. The van der Waals surface area contributed by atoms with Crippen LogP contribution < -0.4 is 10.6 Å². The number of carbonyl (C=O) groups excluding carboxylic acids is 2. The number of carbonyl (C=O) groups is 3. The number of nitrogens with one attached hydrogen (secondary N) is 2. The summed E-state index contributed by atoms with van der Waals surface area (Å²) in [6.07, 6.45) is -0.333. The lowest BCUT2D eigenvalue weighted by atomic mass is 9.98. The number of benzene rings is 2. The molecule has 8 nitrogen and oxygen atoms in total. The predicted molar refractivity (Wildman–Crippen MR) is 127 cm³/mol. The van der Waals surface area contributed by atoms with Gasteiger partial charge in [-0.15, -0.1) is 0 Å². The Morgan fingerprint density at radius 2 is 1.74 bits per heavy atom. The molecule has 1 saturated heterocycles. The molecule has 2 atom stereocenters. The topological polar surface area (TPSA) is 108 Å². The Balaban J connectivity index is 1.34. The van der Waals surface area contributed by atoms with Crippen molar-refractivity contribution in [1.82, 2.24) is 15.5 Å². The number of hydrogen-bond donors (Lipinski definition) is 3. The summed E-state index contributed by atoms with van der Waals surface area (Å²) >= 11 is 0. The van der Waals surface area contributed by atoms with E-state index in [1.54, 1.807) is 0 Å². The van der Waals surface area contributed by atoms with Crippen molar-refractivity contribution in [2.45, 2.75) is 31.7 Å². The number of fused-ring (bicyclic) bond motifs is 3. The molecule has 4 rings (SSSR count). The number of carboxylic acids is 1. The van der Waals surface area contributed by atoms with Crippen LogP contribution in [-0.2, 0) is 14.3 Å². The Morgan fingerprint density at radius 3 is 2.32 bits per heavy atom. The van der Waals surface area contributed by atoms with Gasteiger partial charge in [0.1, 0.15) is 12.6 Å². The van der Waals surface area contributed by atoms with Gasteiger partial charge in [-0.25, -0.2) is 4.79 Å². The van der Waals surface area contributed by atoms with Crippen molar-refractivity contribution in [2.75, 3.05) is 32.8 Å². The van der Waals surface area contributed by atoms with Gasteiger partial charge in [-0.05, 0) is 47.7 Å². The first-order valence-corrected chi connectivity index (χ1v) is 11.8. The van der Waals surface area contributed by atoms with Crippen LogP contribution in [0.5, 0.6) is 0 Å². The van der Waals surface area contributed by atoms with Crippen molar-refractivity contribution in [1.29, 1.82) is 0 Å². The van der Waals surface area contributed by atoms with E-state index in [2.05, 4.69) is 22.5 Å². The van der Waals surface area contributed by atoms with Crippen LogP contribution in [0.2, 0.25) is 0 Å². The van der Waals surface area contributed by atoms with Crippen molar-refractivity contribution in [3.8, 4) is 11.1 Å². The number of hydrogen-bond acceptors (Lipinski definition) is 5. The Labute approximate surface area is 199 Å². The van der Waals surface area contributed by atoms with E-state index in [9.17, 15) is 19.5 Å². The maximum atomic E-state index is 12.7. The summed E-state index contributed by atoms with van der Waals surface area (Å²) in [7, 11) is 0. The van der Waals surface area contributed by atoms with E-state index in [1.807, 2.05) is 48.5 Å². The Bertz CT molecular complexity index is 1010. The Kier molecular flexibility index (Phi) is 7.47. The van der Waals surface area contributed by atoms with Gasteiger partial charge in [0.15, 0.2) is 0 Å². The highest BCUT2D eigenvalue weighted by molar-refractivity contribution is 5.89. The third-order valence-corrected chi connectivity index (χ3v) is 6.71. The molecule has 8 heteroatoms. The lowest BCUT2D eigenvalue weighted by molar-refractivity contribution is -0.139. The summed E-state index contributed by atoms with van der Waals surface area (Å²) in [6.45, 7) is 5.51. The minimum Gasteiger partial charge on any atom is -0.481 e. The second-order valence-corrected chi connectivity index (χ2v) is 8.91. The van der Waals surface area contributed by atoms with Crippen LogP contribution in [0.25, 0.3) is 11.1 Å². The number of nitrogens with zero attached hydrogens (tertiary/aromatic N) is 1. The second-order valence-electron chi connectivity index (χ2n) is 8.91. The maximum Gasteiger partial charge on any atom is 0.407 e. The molecular weight excluding hydrogens is 434 g/mol. The zero-order chi connectivity index (χ0) is 24.1. The van der Waals surface area contributed by atoms with Crippen molar-refractivity contribution in [2.24, 2.45) is 5.92 Å². The fourth-order valence-electron chi connectivity index (χ4n) is 4.90. The third kappa shape index (κ3) is 5.39. The van der Waals surface area contributed by atoms with Crippen LogP contribution in [-0.4, -0.2) is 66.8 Å². The first-order chi connectivity index (χ1) is 16.5. The molecule has 1 aliphatic carbocycles. The molecule has 2 aromatic carbocycles. The zero-order valence-corrected chi connectivity index (χ0v) is 19.3. The SMILES string of the molecule is CCN1CCC(CNC(=O)C(CC(=O)O)NC(=O)OCC2c3ccccc3-c3ccccc32)C1. The summed E-state index contributed by atoms with van der Waals surface area (Å²) < 4.78 is 5.48. The predicted octanol–water partition coefficient (Wildman–Crippen LogP) is 2.83. The molecule has 34 heavy (non-hydrogen) atoms. The quantitative estimate of drug-likeness (QED) is 0.526. The highest BCUT2D eigenvalue weighted by Gasteiger charge is 2.30. The molecule has 1 heterocycles. The average molecular weight is 466 g/mol. The van der Waals surface area contributed by atoms with Crippen LogP contribution >= 0.6 is 0 Å². The van der Waals surface area contributed by atoms with Crippen molar-refractivity contribution < 1.29 is 24.2 Å². The normalized spacial score (nSPS) is 18.1. The van der Waals surface area contributed by atoms with E-state index in [-0.39, 0.29) is 12.5 Å². The van der Waals surface area contributed by atoms with E-state index < -0.39 is 30.4 Å². The molecular formula is C26H31N3O5. The molecule has 2 unspecified atom stereocenters. The summed E-state index contributed by atoms with van der Waals surface area (Å²) in [6, 6.07) is 14.8. The summed E-state index contributed by atoms with van der Waals surface area (Å²) in [5.74, 6) is -1.47. The molecule has 1 aliphatic heterocycles. The second kappa shape index (κ2) is 10.7.